The van der Waals surface area contributed by atoms with Crippen LogP contribution in [0.4, 0.5) is 0 Å². The number of nitrogens with zero attached hydrogens (tertiary/aromatic N) is 1. The van der Waals surface area contributed by atoms with Gasteiger partial charge in [0.05, 0.1) is 0 Å². The van der Waals surface area contributed by atoms with Crippen LogP contribution in [0, 0.1) is 0 Å². The minimum Gasteiger partial charge on any atom is -0.352 e. The molecule has 0 saturated carbocycles. The van der Waals surface area contributed by atoms with Gasteiger partial charge in [-0.15, -0.1) is 0 Å². The van der Waals surface area contributed by atoms with Gasteiger partial charge in [0.1, 0.15) is 0 Å². The molecule has 0 fully saturated rings. The van der Waals surface area contributed by atoms with Crippen LogP contribution in [-0.2, 0) is 11.3 Å². The highest BCUT2D eigenvalue weighted by atomic mass is 79.9. The molecule has 1 N–H and O–H groups in total. The van der Waals surface area contributed by atoms with Crippen molar-refractivity contribution in [2.24, 2.45) is 0 Å². The Bertz CT molecular complexity index is 734. The van der Waals surface area contributed by atoms with Crippen molar-refractivity contribution in [1.29, 1.82) is 0 Å². The fraction of sp³-hybridized carbons (Fsp3) is 0.263. The Balaban J connectivity index is 1.72. The van der Waals surface area contributed by atoms with Gasteiger partial charge in [-0.25, -0.2) is 0 Å². The Hall–Kier alpha value is -1.85. The minimum absolute atomic E-state index is 0.0523. The number of benzene rings is 2. The quantitative estimate of drug-likeness (QED) is 0.676. The molecule has 2 amide bonds. The second kappa shape index (κ2) is 9.59. The number of halogens is 2. The van der Waals surface area contributed by atoms with E-state index in [2.05, 4.69) is 21.2 Å². The summed E-state index contributed by atoms with van der Waals surface area (Å²) in [5.74, 6) is -0.109. The maximum Gasteiger partial charge on any atom is 0.251 e. The van der Waals surface area contributed by atoms with E-state index in [9.17, 15) is 9.59 Å². The van der Waals surface area contributed by atoms with E-state index in [0.717, 1.165) is 10.0 Å². The lowest BCUT2D eigenvalue weighted by atomic mass is 10.2. The van der Waals surface area contributed by atoms with E-state index in [4.69, 9.17) is 11.6 Å². The van der Waals surface area contributed by atoms with Crippen molar-refractivity contribution in [2.45, 2.75) is 19.4 Å². The number of rotatable bonds is 7. The average molecular weight is 424 g/mol. The summed E-state index contributed by atoms with van der Waals surface area (Å²) in [4.78, 5) is 25.8. The highest BCUT2D eigenvalue weighted by Gasteiger charge is 2.11. The first-order chi connectivity index (χ1) is 12.0. The minimum atomic E-state index is -0.161. The van der Waals surface area contributed by atoms with E-state index in [-0.39, 0.29) is 11.8 Å². The van der Waals surface area contributed by atoms with Crippen molar-refractivity contribution in [1.82, 2.24) is 10.2 Å². The summed E-state index contributed by atoms with van der Waals surface area (Å²) < 4.78 is 0.991. The Kier molecular flexibility index (Phi) is 7.47. The van der Waals surface area contributed by atoms with Crippen LogP contribution in [0.5, 0.6) is 0 Å². The Morgan fingerprint density at radius 1 is 1.12 bits per heavy atom. The van der Waals surface area contributed by atoms with E-state index >= 15 is 0 Å². The fourth-order valence-corrected chi connectivity index (χ4v) is 2.84. The molecule has 4 nitrogen and oxygen atoms in total. The number of carbonyl (C=O) groups is 2. The number of amides is 2. The van der Waals surface area contributed by atoms with Crippen molar-refractivity contribution in [3.05, 3.63) is 69.2 Å². The van der Waals surface area contributed by atoms with E-state index in [1.807, 2.05) is 24.3 Å². The number of hydrogen-bond acceptors (Lipinski definition) is 2. The van der Waals surface area contributed by atoms with Crippen molar-refractivity contribution in [2.75, 3.05) is 13.6 Å². The summed E-state index contributed by atoms with van der Waals surface area (Å²) in [6.07, 6.45) is 0.986. The molecule has 0 heterocycles. The van der Waals surface area contributed by atoms with Gasteiger partial charge in [0, 0.05) is 41.6 Å². The molecular weight excluding hydrogens is 404 g/mol. The maximum atomic E-state index is 12.2. The van der Waals surface area contributed by atoms with Crippen LogP contribution in [0.1, 0.15) is 28.8 Å². The second-order valence-electron chi connectivity index (χ2n) is 5.71. The van der Waals surface area contributed by atoms with Crippen molar-refractivity contribution in [3.8, 4) is 0 Å². The fourth-order valence-electron chi connectivity index (χ4n) is 2.31. The molecule has 25 heavy (non-hydrogen) atoms. The van der Waals surface area contributed by atoms with Crippen molar-refractivity contribution in [3.63, 3.8) is 0 Å². The summed E-state index contributed by atoms with van der Waals surface area (Å²) >= 11 is 9.29. The van der Waals surface area contributed by atoms with Gasteiger partial charge < -0.3 is 10.2 Å². The average Bonchev–Trinajstić information content (AvgIpc) is 2.60. The Morgan fingerprint density at radius 3 is 2.48 bits per heavy atom. The van der Waals surface area contributed by atoms with Crippen LogP contribution in [0.3, 0.4) is 0 Å². The van der Waals surface area contributed by atoms with Crippen LogP contribution >= 0.6 is 27.5 Å². The molecule has 0 spiro atoms. The summed E-state index contributed by atoms with van der Waals surface area (Å²) in [5, 5.41) is 3.40. The molecule has 132 valence electrons. The highest BCUT2D eigenvalue weighted by molar-refractivity contribution is 9.10. The highest BCUT2D eigenvalue weighted by Crippen LogP contribution is 2.17. The third-order valence-corrected chi connectivity index (χ3v) is 4.78. The van der Waals surface area contributed by atoms with E-state index < -0.39 is 0 Å². The Morgan fingerprint density at radius 2 is 1.80 bits per heavy atom. The van der Waals surface area contributed by atoms with Crippen LogP contribution < -0.4 is 5.32 Å². The molecule has 0 aliphatic heterocycles. The molecule has 0 aromatic heterocycles. The van der Waals surface area contributed by atoms with Crippen LogP contribution in [0.25, 0.3) is 0 Å². The van der Waals surface area contributed by atoms with Gasteiger partial charge in [-0.05, 0) is 42.3 Å². The predicted molar refractivity (Wildman–Crippen MR) is 104 cm³/mol. The second-order valence-corrected chi connectivity index (χ2v) is 7.00. The van der Waals surface area contributed by atoms with Crippen LogP contribution in [-0.4, -0.2) is 30.3 Å². The molecule has 0 saturated heterocycles. The smallest absolute Gasteiger partial charge is 0.251 e. The largest absolute Gasteiger partial charge is 0.352 e. The summed E-state index contributed by atoms with van der Waals surface area (Å²) in [6.45, 7) is 1.01. The lowest BCUT2D eigenvalue weighted by Gasteiger charge is -2.18. The maximum absolute atomic E-state index is 12.2. The molecule has 6 heteroatoms. The summed E-state index contributed by atoms with van der Waals surface area (Å²) in [5.41, 5.74) is 1.62. The number of hydrogen-bond donors (Lipinski definition) is 1. The van der Waals surface area contributed by atoms with E-state index in [1.165, 1.54) is 0 Å². The van der Waals surface area contributed by atoms with Crippen LogP contribution in [0.2, 0.25) is 5.02 Å². The van der Waals surface area contributed by atoms with Gasteiger partial charge >= 0.3 is 0 Å². The molecule has 0 bridgehead atoms. The van der Waals surface area contributed by atoms with E-state index in [0.29, 0.717) is 36.5 Å². The lowest BCUT2D eigenvalue weighted by molar-refractivity contribution is -0.130. The number of carbonyl (C=O) groups excluding carboxylic acids is 2. The zero-order chi connectivity index (χ0) is 18.2. The van der Waals surface area contributed by atoms with Gasteiger partial charge in [-0.1, -0.05) is 45.7 Å². The first kappa shape index (κ1) is 19.5. The summed E-state index contributed by atoms with van der Waals surface area (Å²) in [7, 11) is 1.79. The zero-order valence-corrected chi connectivity index (χ0v) is 16.3. The zero-order valence-electron chi connectivity index (χ0n) is 14.0. The van der Waals surface area contributed by atoms with Crippen LogP contribution in [0.15, 0.2) is 53.0 Å². The molecule has 2 rings (SSSR count). The van der Waals surface area contributed by atoms with Gasteiger partial charge in [0.15, 0.2) is 0 Å². The van der Waals surface area contributed by atoms with E-state index in [1.54, 1.807) is 36.2 Å². The molecule has 0 unspecified atom stereocenters. The van der Waals surface area contributed by atoms with Gasteiger partial charge in [0.25, 0.3) is 5.91 Å². The normalized spacial score (nSPS) is 10.4. The first-order valence-electron chi connectivity index (χ1n) is 7.98. The van der Waals surface area contributed by atoms with Gasteiger partial charge in [-0.2, -0.15) is 0 Å². The van der Waals surface area contributed by atoms with Gasteiger partial charge in [-0.3, -0.25) is 9.59 Å². The SMILES string of the molecule is CN(Cc1ccccc1Br)C(=O)CCCNC(=O)c1ccc(Cl)cc1. The third kappa shape index (κ3) is 6.18. The van der Waals surface area contributed by atoms with Crippen molar-refractivity contribution >= 4 is 39.3 Å². The molecule has 0 aliphatic rings. The molecule has 0 radical (unpaired) electrons. The molecule has 2 aromatic rings. The monoisotopic (exact) mass is 422 g/mol. The topological polar surface area (TPSA) is 49.4 Å². The lowest BCUT2D eigenvalue weighted by Crippen LogP contribution is -2.28. The molecule has 0 atom stereocenters. The predicted octanol–water partition coefficient (Wildman–Crippen LogP) is 4.27. The molecule has 0 aliphatic carbocycles. The Labute approximate surface area is 161 Å². The standard InChI is InChI=1S/C19H20BrClN2O2/c1-23(13-15-5-2-3-6-17(15)20)18(24)7-4-12-22-19(25)14-8-10-16(21)11-9-14/h2-3,5-6,8-11H,4,7,12-13H2,1H3,(H,22,25). The molecular formula is C19H20BrClN2O2. The summed E-state index contributed by atoms with van der Waals surface area (Å²) in [6, 6.07) is 14.5. The van der Waals surface area contributed by atoms with Gasteiger partial charge in [0.2, 0.25) is 5.91 Å². The third-order valence-electron chi connectivity index (χ3n) is 3.75. The number of nitrogens with one attached hydrogen (secondary N) is 1. The molecule has 2 aromatic carbocycles. The van der Waals surface area contributed by atoms with Crippen molar-refractivity contribution < 1.29 is 9.59 Å². The first-order valence-corrected chi connectivity index (χ1v) is 9.15.